The summed E-state index contributed by atoms with van der Waals surface area (Å²) in [5.41, 5.74) is 0.500. The molecular weight excluding hydrogens is 226 g/mol. The number of nitrogens with zero attached hydrogens (tertiary/aromatic N) is 1. The molecule has 0 aromatic carbocycles. The Kier molecular flexibility index (Phi) is 5.64. The molecule has 0 spiro atoms. The Balaban J connectivity index is 2.45. The number of aliphatic carboxylic acids is 1. The molecule has 106 valence electrons. The quantitative estimate of drug-likeness (QED) is 0.789. The summed E-state index contributed by atoms with van der Waals surface area (Å²) in [6, 6.07) is 1.18. The third-order valence-electron chi connectivity index (χ3n) is 4.25. The van der Waals surface area contributed by atoms with Crippen LogP contribution < -0.4 is 0 Å². The predicted octanol–water partition coefficient (Wildman–Crippen LogP) is 3.53. The van der Waals surface area contributed by atoms with Gasteiger partial charge in [-0.2, -0.15) is 0 Å². The van der Waals surface area contributed by atoms with E-state index in [0.717, 1.165) is 13.0 Å². The summed E-state index contributed by atoms with van der Waals surface area (Å²) < 4.78 is 0. The van der Waals surface area contributed by atoms with Crippen molar-refractivity contribution in [3.8, 4) is 0 Å². The maximum atomic E-state index is 10.6. The lowest BCUT2D eigenvalue weighted by Gasteiger charge is -2.42. The van der Waals surface area contributed by atoms with E-state index in [1.165, 1.54) is 25.7 Å². The van der Waals surface area contributed by atoms with Gasteiger partial charge in [0.2, 0.25) is 0 Å². The largest absolute Gasteiger partial charge is 0.481 e. The number of rotatable bonds is 6. The average molecular weight is 255 g/mol. The molecule has 0 amide bonds. The first-order valence-electron chi connectivity index (χ1n) is 7.29. The first-order valence-corrected chi connectivity index (χ1v) is 7.29. The number of carbonyl (C=O) groups is 1. The van der Waals surface area contributed by atoms with Gasteiger partial charge in [-0.05, 0) is 57.9 Å². The SMILES string of the molecule is CC(C)N(CCCC(=O)O)C1CCC(C)(C)CC1. The second-order valence-corrected chi connectivity index (χ2v) is 6.72. The lowest BCUT2D eigenvalue weighted by molar-refractivity contribution is -0.137. The van der Waals surface area contributed by atoms with Gasteiger partial charge in [0.1, 0.15) is 0 Å². The fourth-order valence-corrected chi connectivity index (χ4v) is 2.99. The van der Waals surface area contributed by atoms with E-state index in [9.17, 15) is 4.79 Å². The molecule has 0 heterocycles. The molecule has 0 aromatic rings. The number of carboxylic acids is 1. The zero-order valence-electron chi connectivity index (χ0n) is 12.4. The Bertz CT molecular complexity index is 264. The summed E-state index contributed by atoms with van der Waals surface area (Å²) in [4.78, 5) is 13.1. The Morgan fingerprint density at radius 3 is 2.33 bits per heavy atom. The maximum Gasteiger partial charge on any atom is 0.303 e. The Morgan fingerprint density at radius 2 is 1.89 bits per heavy atom. The summed E-state index contributed by atoms with van der Waals surface area (Å²) in [6.45, 7) is 10.1. The zero-order chi connectivity index (χ0) is 13.8. The fraction of sp³-hybridized carbons (Fsp3) is 0.933. The summed E-state index contributed by atoms with van der Waals surface area (Å²) in [7, 11) is 0. The summed E-state index contributed by atoms with van der Waals surface area (Å²) >= 11 is 0. The third kappa shape index (κ3) is 4.97. The molecule has 1 saturated carbocycles. The van der Waals surface area contributed by atoms with Crippen molar-refractivity contribution in [2.75, 3.05) is 6.54 Å². The van der Waals surface area contributed by atoms with Crippen molar-refractivity contribution in [3.63, 3.8) is 0 Å². The van der Waals surface area contributed by atoms with Crippen LogP contribution in [0.4, 0.5) is 0 Å². The van der Waals surface area contributed by atoms with Crippen LogP contribution in [-0.4, -0.2) is 34.6 Å². The van der Waals surface area contributed by atoms with E-state index in [2.05, 4.69) is 32.6 Å². The summed E-state index contributed by atoms with van der Waals surface area (Å²) in [5.74, 6) is -0.677. The Labute approximate surface area is 112 Å². The molecule has 1 rings (SSSR count). The minimum absolute atomic E-state index is 0.293. The lowest BCUT2D eigenvalue weighted by Crippen LogP contribution is -2.44. The van der Waals surface area contributed by atoms with Crippen LogP contribution in [0, 0.1) is 5.41 Å². The van der Waals surface area contributed by atoms with Crippen LogP contribution in [0.1, 0.15) is 66.2 Å². The highest BCUT2D eigenvalue weighted by Gasteiger charge is 2.30. The van der Waals surface area contributed by atoms with Crippen molar-refractivity contribution in [3.05, 3.63) is 0 Å². The minimum Gasteiger partial charge on any atom is -0.481 e. The molecule has 0 radical (unpaired) electrons. The number of hydrogen-bond acceptors (Lipinski definition) is 2. The van der Waals surface area contributed by atoms with Crippen LogP contribution >= 0.6 is 0 Å². The topological polar surface area (TPSA) is 40.5 Å². The van der Waals surface area contributed by atoms with Crippen LogP contribution in [0.2, 0.25) is 0 Å². The van der Waals surface area contributed by atoms with E-state index >= 15 is 0 Å². The van der Waals surface area contributed by atoms with Crippen LogP contribution in [0.15, 0.2) is 0 Å². The molecule has 1 aliphatic rings. The van der Waals surface area contributed by atoms with Gasteiger partial charge in [-0.25, -0.2) is 0 Å². The second-order valence-electron chi connectivity index (χ2n) is 6.72. The Morgan fingerprint density at radius 1 is 1.33 bits per heavy atom. The molecule has 0 aliphatic heterocycles. The van der Waals surface area contributed by atoms with Gasteiger partial charge in [0.25, 0.3) is 0 Å². The van der Waals surface area contributed by atoms with Crippen molar-refractivity contribution in [2.45, 2.75) is 78.3 Å². The molecule has 0 saturated heterocycles. The summed E-state index contributed by atoms with van der Waals surface area (Å²) in [6.07, 6.45) is 6.17. The molecule has 3 heteroatoms. The Hall–Kier alpha value is -0.570. The van der Waals surface area contributed by atoms with Gasteiger partial charge in [-0.3, -0.25) is 9.69 Å². The smallest absolute Gasteiger partial charge is 0.303 e. The van der Waals surface area contributed by atoms with Gasteiger partial charge in [-0.15, -0.1) is 0 Å². The highest BCUT2D eigenvalue weighted by Crippen LogP contribution is 2.37. The van der Waals surface area contributed by atoms with E-state index in [1.54, 1.807) is 0 Å². The molecule has 3 nitrogen and oxygen atoms in total. The molecule has 1 N–H and O–H groups in total. The van der Waals surface area contributed by atoms with E-state index in [-0.39, 0.29) is 0 Å². The monoisotopic (exact) mass is 255 g/mol. The number of carboxylic acid groups (broad SMARTS) is 1. The van der Waals surface area contributed by atoms with Crippen molar-refractivity contribution in [1.29, 1.82) is 0 Å². The zero-order valence-corrected chi connectivity index (χ0v) is 12.4. The van der Waals surface area contributed by atoms with Crippen molar-refractivity contribution < 1.29 is 9.90 Å². The molecule has 0 atom stereocenters. The molecular formula is C15H29NO2. The molecule has 18 heavy (non-hydrogen) atoms. The standard InChI is InChI=1S/C15H29NO2/c1-12(2)16(11-5-6-14(17)18)13-7-9-15(3,4)10-8-13/h12-13H,5-11H2,1-4H3,(H,17,18). The van der Waals surface area contributed by atoms with Gasteiger partial charge < -0.3 is 5.11 Å². The highest BCUT2D eigenvalue weighted by molar-refractivity contribution is 5.66. The molecule has 1 fully saturated rings. The molecule has 0 bridgehead atoms. The van der Waals surface area contributed by atoms with Crippen molar-refractivity contribution in [1.82, 2.24) is 4.90 Å². The molecule has 0 unspecified atom stereocenters. The van der Waals surface area contributed by atoms with Crippen molar-refractivity contribution >= 4 is 5.97 Å². The van der Waals surface area contributed by atoms with Gasteiger partial charge in [0, 0.05) is 18.5 Å². The second kappa shape index (κ2) is 6.55. The first-order chi connectivity index (χ1) is 8.32. The van der Waals surface area contributed by atoms with Gasteiger partial charge in [0.05, 0.1) is 0 Å². The predicted molar refractivity (Wildman–Crippen MR) is 74.7 cm³/mol. The maximum absolute atomic E-state index is 10.6. The van der Waals surface area contributed by atoms with Gasteiger partial charge in [0.15, 0.2) is 0 Å². The fourth-order valence-electron chi connectivity index (χ4n) is 2.99. The van der Waals surface area contributed by atoms with Crippen LogP contribution in [0.3, 0.4) is 0 Å². The minimum atomic E-state index is -0.677. The summed E-state index contributed by atoms with van der Waals surface area (Å²) in [5, 5.41) is 8.73. The number of hydrogen-bond donors (Lipinski definition) is 1. The average Bonchev–Trinajstić information content (AvgIpc) is 2.24. The molecule has 0 aromatic heterocycles. The van der Waals surface area contributed by atoms with E-state index in [4.69, 9.17) is 5.11 Å². The normalized spacial score (nSPS) is 20.6. The van der Waals surface area contributed by atoms with Gasteiger partial charge in [-0.1, -0.05) is 13.8 Å². The van der Waals surface area contributed by atoms with Crippen LogP contribution in [0.25, 0.3) is 0 Å². The van der Waals surface area contributed by atoms with Crippen LogP contribution in [0.5, 0.6) is 0 Å². The van der Waals surface area contributed by atoms with E-state index in [1.807, 2.05) is 0 Å². The van der Waals surface area contributed by atoms with E-state index in [0.29, 0.717) is 23.9 Å². The third-order valence-corrected chi connectivity index (χ3v) is 4.25. The lowest BCUT2D eigenvalue weighted by atomic mass is 9.75. The van der Waals surface area contributed by atoms with E-state index < -0.39 is 5.97 Å². The first kappa shape index (κ1) is 15.5. The van der Waals surface area contributed by atoms with Gasteiger partial charge >= 0.3 is 5.97 Å². The highest BCUT2D eigenvalue weighted by atomic mass is 16.4. The van der Waals surface area contributed by atoms with Crippen LogP contribution in [-0.2, 0) is 4.79 Å². The molecule has 1 aliphatic carbocycles. The van der Waals surface area contributed by atoms with Crippen molar-refractivity contribution in [2.24, 2.45) is 5.41 Å².